The summed E-state index contributed by atoms with van der Waals surface area (Å²) in [6.45, 7) is 5.10. The van der Waals surface area contributed by atoms with Crippen LogP contribution >= 0.6 is 0 Å². The molecule has 0 atom stereocenters. The van der Waals surface area contributed by atoms with E-state index < -0.39 is 0 Å². The topological polar surface area (TPSA) is 70.1 Å². The summed E-state index contributed by atoms with van der Waals surface area (Å²) in [5.74, 6) is 1.73. The van der Waals surface area contributed by atoms with Crippen molar-refractivity contribution in [2.75, 3.05) is 45.7 Å². The minimum Gasteiger partial charge on any atom is -0.469 e. The van der Waals surface area contributed by atoms with Crippen LogP contribution in [-0.4, -0.2) is 62.7 Å². The number of methoxy groups -OCH3 is 1. The first-order valence-electron chi connectivity index (χ1n) is 8.78. The van der Waals surface area contributed by atoms with Gasteiger partial charge < -0.3 is 19.9 Å². The number of guanidine groups is 1. The van der Waals surface area contributed by atoms with Crippen molar-refractivity contribution in [3.8, 4) is 0 Å². The third-order valence-electron chi connectivity index (χ3n) is 4.34. The van der Waals surface area contributed by atoms with Crippen molar-refractivity contribution in [2.45, 2.75) is 26.3 Å². The van der Waals surface area contributed by atoms with E-state index in [1.807, 2.05) is 31.3 Å². The van der Waals surface area contributed by atoms with E-state index in [1.165, 1.54) is 7.11 Å². The fourth-order valence-electron chi connectivity index (χ4n) is 2.89. The summed E-state index contributed by atoms with van der Waals surface area (Å²) in [5.41, 5.74) is 1.12. The Balaban J connectivity index is 2.01. The van der Waals surface area contributed by atoms with Gasteiger partial charge in [-0.15, -0.1) is 0 Å². The van der Waals surface area contributed by atoms with Gasteiger partial charge in [0.25, 0.3) is 0 Å². The van der Waals surface area contributed by atoms with Crippen LogP contribution in [0.15, 0.2) is 23.3 Å². The van der Waals surface area contributed by atoms with Crippen molar-refractivity contribution in [1.82, 2.24) is 15.2 Å². The van der Waals surface area contributed by atoms with Crippen LogP contribution in [0.4, 0.5) is 5.82 Å². The molecule has 2 rings (SSSR count). The van der Waals surface area contributed by atoms with Crippen molar-refractivity contribution >= 4 is 17.7 Å². The average molecular weight is 347 g/mol. The Hall–Kier alpha value is -2.31. The molecule has 1 aliphatic rings. The van der Waals surface area contributed by atoms with Crippen LogP contribution in [0.25, 0.3) is 0 Å². The van der Waals surface area contributed by atoms with Gasteiger partial charge in [-0.3, -0.25) is 4.79 Å². The highest BCUT2D eigenvalue weighted by atomic mass is 16.5. The number of carbonyl (C=O) groups excluding carboxylic acids is 1. The lowest BCUT2D eigenvalue weighted by atomic mass is 9.97. The number of pyridine rings is 1. The second-order valence-corrected chi connectivity index (χ2v) is 6.37. The molecule has 0 saturated carbocycles. The monoisotopic (exact) mass is 347 g/mol. The van der Waals surface area contributed by atoms with Crippen LogP contribution in [0.5, 0.6) is 0 Å². The number of ether oxygens (including phenoxy) is 1. The third kappa shape index (κ3) is 5.34. The smallest absolute Gasteiger partial charge is 0.308 e. The van der Waals surface area contributed by atoms with Gasteiger partial charge in [-0.05, 0) is 37.5 Å². The van der Waals surface area contributed by atoms with Gasteiger partial charge in [-0.2, -0.15) is 0 Å². The van der Waals surface area contributed by atoms with Gasteiger partial charge >= 0.3 is 5.97 Å². The molecule has 138 valence electrons. The predicted molar refractivity (Wildman–Crippen MR) is 99.7 cm³/mol. The lowest BCUT2D eigenvalue weighted by Crippen LogP contribution is -2.46. The summed E-state index contributed by atoms with van der Waals surface area (Å²) < 4.78 is 4.86. The summed E-state index contributed by atoms with van der Waals surface area (Å²) in [7, 11) is 5.41. The lowest BCUT2D eigenvalue weighted by molar-refractivity contribution is -0.146. The predicted octanol–water partition coefficient (Wildman–Crippen LogP) is 1.50. The standard InChI is InChI=1S/C18H29N5O2/c1-5-19-18(23-10-7-15(8-11-23)17(24)25-4)21-13-14-6-9-20-16(12-14)22(2)3/h6,9,12,15H,5,7-8,10-11,13H2,1-4H3,(H,19,21). The van der Waals surface area contributed by atoms with Crippen LogP contribution in [0.2, 0.25) is 0 Å². The number of aliphatic imine (C=N–C) groups is 1. The highest BCUT2D eigenvalue weighted by Crippen LogP contribution is 2.19. The van der Waals surface area contributed by atoms with E-state index in [0.29, 0.717) is 6.54 Å². The zero-order valence-electron chi connectivity index (χ0n) is 15.7. The fourth-order valence-corrected chi connectivity index (χ4v) is 2.89. The quantitative estimate of drug-likeness (QED) is 0.494. The number of aromatic nitrogens is 1. The molecule has 1 N–H and O–H groups in total. The summed E-state index contributed by atoms with van der Waals surface area (Å²) in [6.07, 6.45) is 3.42. The number of likely N-dealkylation sites (tertiary alicyclic amines) is 1. The number of rotatable bonds is 5. The summed E-state index contributed by atoms with van der Waals surface area (Å²) in [6, 6.07) is 4.04. The molecule has 0 aromatic carbocycles. The van der Waals surface area contributed by atoms with Crippen LogP contribution in [0, 0.1) is 5.92 Å². The number of anilines is 1. The fraction of sp³-hybridized carbons (Fsp3) is 0.611. The van der Waals surface area contributed by atoms with Crippen LogP contribution < -0.4 is 10.2 Å². The van der Waals surface area contributed by atoms with E-state index in [0.717, 1.165) is 49.8 Å². The van der Waals surface area contributed by atoms with Crippen molar-refractivity contribution in [1.29, 1.82) is 0 Å². The highest BCUT2D eigenvalue weighted by Gasteiger charge is 2.26. The molecule has 7 nitrogen and oxygen atoms in total. The number of nitrogens with one attached hydrogen (secondary N) is 1. The molecule has 0 amide bonds. The van der Waals surface area contributed by atoms with Crippen molar-refractivity contribution in [2.24, 2.45) is 10.9 Å². The number of hydrogen-bond acceptors (Lipinski definition) is 5. The Labute approximate surface area is 150 Å². The van der Waals surface area contributed by atoms with E-state index >= 15 is 0 Å². The zero-order chi connectivity index (χ0) is 18.2. The maximum absolute atomic E-state index is 11.7. The Morgan fingerprint density at radius 1 is 1.44 bits per heavy atom. The molecule has 0 bridgehead atoms. The first-order chi connectivity index (χ1) is 12.0. The highest BCUT2D eigenvalue weighted by molar-refractivity contribution is 5.80. The van der Waals surface area contributed by atoms with Crippen molar-refractivity contribution < 1.29 is 9.53 Å². The molecule has 7 heteroatoms. The minimum atomic E-state index is -0.102. The molecule has 0 aliphatic carbocycles. The molecule has 1 aromatic rings. The zero-order valence-corrected chi connectivity index (χ0v) is 15.7. The maximum atomic E-state index is 11.7. The van der Waals surface area contributed by atoms with Gasteiger partial charge in [0.15, 0.2) is 5.96 Å². The number of carbonyl (C=O) groups is 1. The maximum Gasteiger partial charge on any atom is 0.308 e. The Morgan fingerprint density at radius 3 is 2.76 bits per heavy atom. The van der Waals surface area contributed by atoms with E-state index in [9.17, 15) is 4.79 Å². The van der Waals surface area contributed by atoms with Gasteiger partial charge in [0.1, 0.15) is 5.82 Å². The Bertz CT molecular complexity index is 595. The van der Waals surface area contributed by atoms with E-state index in [4.69, 9.17) is 9.73 Å². The molecule has 1 fully saturated rings. The molecule has 25 heavy (non-hydrogen) atoms. The summed E-state index contributed by atoms with van der Waals surface area (Å²) >= 11 is 0. The van der Waals surface area contributed by atoms with E-state index in [1.54, 1.807) is 0 Å². The summed E-state index contributed by atoms with van der Waals surface area (Å²) in [4.78, 5) is 25.0. The molecule has 0 unspecified atom stereocenters. The number of nitrogens with zero attached hydrogens (tertiary/aromatic N) is 4. The average Bonchev–Trinajstić information content (AvgIpc) is 2.65. The lowest BCUT2D eigenvalue weighted by Gasteiger charge is -2.33. The van der Waals surface area contributed by atoms with Crippen molar-refractivity contribution in [3.63, 3.8) is 0 Å². The minimum absolute atomic E-state index is 0.00646. The molecule has 1 aromatic heterocycles. The van der Waals surface area contributed by atoms with E-state index in [2.05, 4.69) is 28.2 Å². The number of piperidine rings is 1. The first kappa shape index (κ1) is 19.0. The summed E-state index contributed by atoms with van der Waals surface area (Å²) in [5, 5.41) is 3.35. The van der Waals surface area contributed by atoms with Crippen LogP contribution in [0.1, 0.15) is 25.3 Å². The Kier molecular flexibility index (Phi) is 7.03. The largest absolute Gasteiger partial charge is 0.469 e. The molecule has 1 aliphatic heterocycles. The van der Waals surface area contributed by atoms with Gasteiger partial charge in [0, 0.05) is 39.9 Å². The SMILES string of the molecule is CCNC(=NCc1ccnc(N(C)C)c1)N1CCC(C(=O)OC)CC1. The molecular formula is C18H29N5O2. The van der Waals surface area contributed by atoms with Crippen LogP contribution in [0.3, 0.4) is 0 Å². The number of hydrogen-bond donors (Lipinski definition) is 1. The molecule has 1 saturated heterocycles. The van der Waals surface area contributed by atoms with Crippen LogP contribution in [-0.2, 0) is 16.1 Å². The first-order valence-corrected chi connectivity index (χ1v) is 8.78. The van der Waals surface area contributed by atoms with Gasteiger partial charge in [-0.1, -0.05) is 0 Å². The molecule has 0 radical (unpaired) electrons. The second kappa shape index (κ2) is 9.25. The molecular weight excluding hydrogens is 318 g/mol. The molecule has 0 spiro atoms. The van der Waals surface area contributed by atoms with Gasteiger partial charge in [-0.25, -0.2) is 9.98 Å². The Morgan fingerprint density at radius 2 is 2.16 bits per heavy atom. The van der Waals surface area contributed by atoms with Crippen molar-refractivity contribution in [3.05, 3.63) is 23.9 Å². The normalized spacial score (nSPS) is 15.8. The third-order valence-corrected chi connectivity index (χ3v) is 4.34. The van der Waals surface area contributed by atoms with E-state index in [-0.39, 0.29) is 11.9 Å². The second-order valence-electron chi connectivity index (χ2n) is 6.37. The molecule has 2 heterocycles. The van der Waals surface area contributed by atoms with Gasteiger partial charge in [0.05, 0.1) is 19.6 Å². The number of esters is 1. The van der Waals surface area contributed by atoms with Gasteiger partial charge in [0.2, 0.25) is 0 Å².